The van der Waals surface area contributed by atoms with Gasteiger partial charge in [0.2, 0.25) is 5.25 Å². The van der Waals surface area contributed by atoms with E-state index in [-0.39, 0.29) is 0 Å². The van der Waals surface area contributed by atoms with Gasteiger partial charge in [-0.1, -0.05) is 94.6 Å². The Morgan fingerprint density at radius 2 is 1.41 bits per heavy atom. The number of carbonyl (C=O) groups is 1. The fourth-order valence-corrected chi connectivity index (χ4v) is 5.10. The molecule has 0 aromatic heterocycles. The van der Waals surface area contributed by atoms with E-state index >= 15 is 0 Å². The summed E-state index contributed by atoms with van der Waals surface area (Å²) in [6, 6.07) is 6.97. The number of carboxylic acid groups (broad SMARTS) is 1. The minimum atomic E-state index is -1.76. The lowest BCUT2D eigenvalue weighted by Crippen LogP contribution is -2.41. The first-order chi connectivity index (χ1) is 15.5. The van der Waals surface area contributed by atoms with Crippen LogP contribution in [0.2, 0.25) is 0 Å². The van der Waals surface area contributed by atoms with Gasteiger partial charge in [-0.15, -0.1) is 0 Å². The van der Waals surface area contributed by atoms with Gasteiger partial charge in [0, 0.05) is 11.2 Å². The van der Waals surface area contributed by atoms with Gasteiger partial charge in [-0.05, 0) is 51.2 Å². The summed E-state index contributed by atoms with van der Waals surface area (Å²) >= 11 is -1.76. The number of aryl methyl sites for hydroxylation is 1. The smallest absolute Gasteiger partial charge is 0.360 e. The average molecular weight is 465 g/mol. The Balaban J connectivity index is 2.13. The van der Waals surface area contributed by atoms with E-state index in [0.29, 0.717) is 11.3 Å². The lowest BCUT2D eigenvalue weighted by atomic mass is 10.0. The highest BCUT2D eigenvalue weighted by atomic mass is 32.2. The van der Waals surface area contributed by atoms with Crippen molar-refractivity contribution in [3.05, 3.63) is 42.0 Å². The van der Waals surface area contributed by atoms with Crippen LogP contribution < -0.4 is 0 Å². The summed E-state index contributed by atoms with van der Waals surface area (Å²) in [6.45, 7) is 4.17. The van der Waals surface area contributed by atoms with E-state index in [2.05, 4.69) is 19.1 Å². The van der Waals surface area contributed by atoms with Gasteiger partial charge in [0.05, 0.1) is 0 Å². The molecule has 0 spiro atoms. The van der Waals surface area contributed by atoms with Crippen molar-refractivity contribution in [1.82, 2.24) is 0 Å². The first-order valence-electron chi connectivity index (χ1n) is 12.5. The second kappa shape index (κ2) is 18.2. The molecule has 1 rings (SSSR count). The van der Waals surface area contributed by atoms with Crippen molar-refractivity contribution in [1.29, 1.82) is 0 Å². The second-order valence-corrected chi connectivity index (χ2v) is 10.4. The third kappa shape index (κ3) is 12.7. The molecule has 32 heavy (non-hydrogen) atoms. The normalized spacial score (nSPS) is 14.5. The molecule has 182 valence electrons. The zero-order chi connectivity index (χ0) is 23.6. The van der Waals surface area contributed by atoms with Crippen molar-refractivity contribution in [2.45, 2.75) is 120 Å². The molecule has 0 radical (unpaired) electrons. The number of aliphatic hydroxyl groups is 1. The molecule has 1 aromatic carbocycles. The van der Waals surface area contributed by atoms with Gasteiger partial charge in [0.25, 0.3) is 0 Å². The van der Waals surface area contributed by atoms with Gasteiger partial charge < -0.3 is 14.8 Å². The van der Waals surface area contributed by atoms with Crippen LogP contribution in [0.25, 0.3) is 0 Å². The van der Waals surface area contributed by atoms with Gasteiger partial charge in [-0.25, -0.2) is 4.79 Å². The van der Waals surface area contributed by atoms with E-state index in [9.17, 15) is 19.6 Å². The van der Waals surface area contributed by atoms with Gasteiger partial charge in [-0.2, -0.15) is 0 Å². The third-order valence-electron chi connectivity index (χ3n) is 5.84. The highest BCUT2D eigenvalue weighted by Crippen LogP contribution is 2.22. The quantitative estimate of drug-likeness (QED) is 0.132. The Labute approximate surface area is 198 Å². The largest absolute Gasteiger partial charge is 0.611 e. The Bertz CT molecular complexity index is 629. The van der Waals surface area contributed by atoms with Crippen LogP contribution in [-0.4, -0.2) is 32.1 Å². The van der Waals surface area contributed by atoms with E-state index in [0.717, 1.165) is 37.7 Å². The fourth-order valence-electron chi connectivity index (χ4n) is 3.79. The van der Waals surface area contributed by atoms with Crippen LogP contribution in [0.15, 0.2) is 41.3 Å². The van der Waals surface area contributed by atoms with Crippen LogP contribution >= 0.6 is 0 Å². The monoisotopic (exact) mass is 464 g/mol. The summed E-state index contributed by atoms with van der Waals surface area (Å²) in [5, 5.41) is 18.6. The zero-order valence-corrected chi connectivity index (χ0v) is 21.0. The Morgan fingerprint density at radius 3 is 1.94 bits per heavy atom. The van der Waals surface area contributed by atoms with Gasteiger partial charge >= 0.3 is 5.97 Å². The third-order valence-corrected chi connectivity index (χ3v) is 7.55. The fraction of sp³-hybridized carbons (Fsp3) is 0.667. The summed E-state index contributed by atoms with van der Waals surface area (Å²) in [7, 11) is 0. The Kier molecular flexibility index (Phi) is 16.3. The van der Waals surface area contributed by atoms with E-state index < -0.39 is 28.5 Å². The molecule has 0 bridgehead atoms. The van der Waals surface area contributed by atoms with Crippen LogP contribution in [-0.2, 0) is 16.0 Å². The molecule has 5 heteroatoms. The van der Waals surface area contributed by atoms with Crippen LogP contribution in [0.4, 0.5) is 0 Å². The summed E-state index contributed by atoms with van der Waals surface area (Å²) < 4.78 is 12.7. The van der Waals surface area contributed by atoms with Crippen molar-refractivity contribution < 1.29 is 19.6 Å². The first-order valence-corrected chi connectivity index (χ1v) is 13.7. The number of allylic oxidation sites excluding steroid dienone is 2. The van der Waals surface area contributed by atoms with Crippen LogP contribution in [0, 0.1) is 6.92 Å². The number of aliphatic hydroxyl groups excluding tert-OH is 1. The number of hydrogen-bond acceptors (Lipinski definition) is 3. The molecule has 1 aromatic rings. The molecular weight excluding hydrogens is 420 g/mol. The Hall–Kier alpha value is -1.30. The van der Waals surface area contributed by atoms with Crippen molar-refractivity contribution in [2.75, 3.05) is 0 Å². The molecule has 0 aliphatic heterocycles. The Morgan fingerprint density at radius 1 is 0.906 bits per heavy atom. The molecule has 0 aliphatic rings. The molecule has 0 amide bonds. The first kappa shape index (κ1) is 28.7. The summed E-state index contributed by atoms with van der Waals surface area (Å²) in [5.74, 6) is -1.20. The standard InChI is InChI=1S/C27H44O4S/c1-3-4-5-6-7-8-9-10-11-12-13-14-15-16-17-18-25(28)26(27(29)30)32(31)24-21-19-23(2)20-22-24/h10-11,19-22,25-26,28H,3-9,12-18H2,1-2H3,(H,29,30)/b11-10-. The topological polar surface area (TPSA) is 80.6 Å². The van der Waals surface area contributed by atoms with E-state index in [1.54, 1.807) is 12.1 Å². The number of aliphatic carboxylic acids is 1. The summed E-state index contributed by atoms with van der Waals surface area (Å²) in [6.07, 6.45) is 19.4. The molecular formula is C27H44O4S. The maximum absolute atomic E-state index is 12.7. The highest BCUT2D eigenvalue weighted by molar-refractivity contribution is 7.92. The molecule has 0 fully saturated rings. The summed E-state index contributed by atoms with van der Waals surface area (Å²) in [5.41, 5.74) is 1.02. The minimum absolute atomic E-state index is 0.368. The predicted molar refractivity (Wildman–Crippen MR) is 134 cm³/mol. The van der Waals surface area contributed by atoms with Crippen LogP contribution in [0.1, 0.15) is 102 Å². The van der Waals surface area contributed by atoms with Gasteiger partial charge in [0.15, 0.2) is 4.90 Å². The lowest BCUT2D eigenvalue weighted by molar-refractivity contribution is -0.138. The average Bonchev–Trinajstić information content (AvgIpc) is 2.76. The van der Waals surface area contributed by atoms with Crippen molar-refractivity contribution in [3.63, 3.8) is 0 Å². The van der Waals surface area contributed by atoms with Crippen molar-refractivity contribution in [2.24, 2.45) is 0 Å². The van der Waals surface area contributed by atoms with Gasteiger partial charge in [-0.3, -0.25) is 0 Å². The maximum atomic E-state index is 12.7. The molecule has 2 N–H and O–H groups in total. The van der Waals surface area contributed by atoms with E-state index in [1.807, 2.05) is 19.1 Å². The van der Waals surface area contributed by atoms with E-state index in [1.165, 1.54) is 51.4 Å². The molecule has 4 nitrogen and oxygen atoms in total. The number of benzene rings is 1. The lowest BCUT2D eigenvalue weighted by Gasteiger charge is -2.22. The van der Waals surface area contributed by atoms with Crippen molar-refractivity contribution >= 4 is 17.1 Å². The molecule has 0 heterocycles. The predicted octanol–water partition coefficient (Wildman–Crippen LogP) is 6.95. The van der Waals surface area contributed by atoms with E-state index in [4.69, 9.17) is 0 Å². The molecule has 0 saturated carbocycles. The van der Waals surface area contributed by atoms with Crippen molar-refractivity contribution in [3.8, 4) is 0 Å². The SMILES string of the molecule is CCCCCCCC/C=C\CCCCCCCC(O)C(C(=O)O)[S+]([O-])c1ccc(C)cc1. The van der Waals surface area contributed by atoms with Gasteiger partial charge in [0.1, 0.15) is 6.10 Å². The molecule has 3 atom stereocenters. The molecule has 0 aliphatic carbocycles. The molecule has 0 saturated heterocycles. The van der Waals surface area contributed by atoms with Crippen LogP contribution in [0.3, 0.4) is 0 Å². The van der Waals surface area contributed by atoms with Crippen LogP contribution in [0.5, 0.6) is 0 Å². The second-order valence-electron chi connectivity index (χ2n) is 8.81. The highest BCUT2D eigenvalue weighted by Gasteiger charge is 2.38. The number of hydrogen-bond donors (Lipinski definition) is 2. The number of unbranched alkanes of at least 4 members (excludes halogenated alkanes) is 11. The zero-order valence-electron chi connectivity index (χ0n) is 20.1. The summed E-state index contributed by atoms with van der Waals surface area (Å²) in [4.78, 5) is 12.1. The number of carboxylic acids is 1. The molecule has 3 unspecified atom stereocenters. The minimum Gasteiger partial charge on any atom is -0.611 e. The number of rotatable bonds is 19. The maximum Gasteiger partial charge on any atom is 0.360 e.